The van der Waals surface area contributed by atoms with E-state index in [1.165, 1.54) is 39.2 Å². The molecule has 1 rings (SSSR count). The average Bonchev–Trinajstić information content (AvgIpc) is 2.96. The molecule has 4 atom stereocenters. The second kappa shape index (κ2) is 14.9. The van der Waals surface area contributed by atoms with E-state index in [0.717, 1.165) is 19.3 Å². The Morgan fingerprint density at radius 3 is 2.43 bits per heavy atom. The third-order valence-corrected chi connectivity index (χ3v) is 5.16. The van der Waals surface area contributed by atoms with Gasteiger partial charge < -0.3 is 29.2 Å². The zero-order chi connectivity index (χ0) is 22.4. The third-order valence-electron chi connectivity index (χ3n) is 5.16. The zero-order valence-electron chi connectivity index (χ0n) is 19.2. The fourth-order valence-corrected chi connectivity index (χ4v) is 3.68. The van der Waals surface area contributed by atoms with Crippen LogP contribution in [-0.4, -0.2) is 60.3 Å². The summed E-state index contributed by atoms with van der Waals surface area (Å²) in [5, 5.41) is 19.5. The number of rotatable bonds is 17. The lowest BCUT2D eigenvalue weighted by Gasteiger charge is -2.19. The largest absolute Gasteiger partial charge is 0.481 e. The molecule has 0 aromatic carbocycles. The number of methoxy groups -OCH3 is 1. The van der Waals surface area contributed by atoms with Gasteiger partial charge >= 0.3 is 5.97 Å². The van der Waals surface area contributed by atoms with Gasteiger partial charge in [0.1, 0.15) is 12.9 Å². The molecule has 1 fully saturated rings. The number of carboxylic acids is 1. The van der Waals surface area contributed by atoms with Crippen LogP contribution in [0.25, 0.3) is 0 Å². The standard InChI is InChI=1S/C23H42O7/c1-5-6-7-8-9-10-11-12-18(24)15-21-20(29-23(2,3)30-21)14-13-19(16-22(25)26)28-17-27-4/h13-14,18-21,24H,5-12,15-17H2,1-4H3,(H,25,26)/b14-13+/t18-,19-,20+,21+/m1/s1. The number of hydrogen-bond donors (Lipinski definition) is 2. The number of aliphatic carboxylic acids is 1. The Hall–Kier alpha value is -0.990. The molecule has 1 aliphatic heterocycles. The maximum atomic E-state index is 11.0. The van der Waals surface area contributed by atoms with E-state index in [9.17, 15) is 9.90 Å². The second-order valence-electron chi connectivity index (χ2n) is 8.53. The van der Waals surface area contributed by atoms with Crippen molar-refractivity contribution in [2.24, 2.45) is 0 Å². The molecule has 1 aliphatic rings. The summed E-state index contributed by atoms with van der Waals surface area (Å²) in [6.07, 6.45) is 11.3. The highest BCUT2D eigenvalue weighted by molar-refractivity contribution is 5.67. The van der Waals surface area contributed by atoms with Crippen molar-refractivity contribution < 1.29 is 34.0 Å². The predicted octanol–water partition coefficient (Wildman–Crippen LogP) is 4.42. The van der Waals surface area contributed by atoms with Crippen molar-refractivity contribution in [3.8, 4) is 0 Å². The van der Waals surface area contributed by atoms with Crippen molar-refractivity contribution in [1.82, 2.24) is 0 Å². The molecule has 0 aromatic heterocycles. The predicted molar refractivity (Wildman–Crippen MR) is 115 cm³/mol. The minimum atomic E-state index is -0.952. The van der Waals surface area contributed by atoms with E-state index in [-0.39, 0.29) is 25.4 Å². The Morgan fingerprint density at radius 1 is 1.13 bits per heavy atom. The van der Waals surface area contributed by atoms with Gasteiger partial charge in [-0.05, 0) is 20.3 Å². The van der Waals surface area contributed by atoms with Gasteiger partial charge in [0.25, 0.3) is 0 Å². The van der Waals surface area contributed by atoms with Gasteiger partial charge in [0.05, 0.1) is 24.7 Å². The van der Waals surface area contributed by atoms with E-state index in [2.05, 4.69) is 6.92 Å². The third kappa shape index (κ3) is 12.0. The highest BCUT2D eigenvalue weighted by Gasteiger charge is 2.40. The zero-order valence-corrected chi connectivity index (χ0v) is 19.2. The summed E-state index contributed by atoms with van der Waals surface area (Å²) in [5.41, 5.74) is 0. The number of hydrogen-bond acceptors (Lipinski definition) is 6. The maximum Gasteiger partial charge on any atom is 0.306 e. The van der Waals surface area contributed by atoms with Crippen molar-refractivity contribution in [2.75, 3.05) is 13.9 Å². The van der Waals surface area contributed by atoms with Crippen LogP contribution in [0.5, 0.6) is 0 Å². The summed E-state index contributed by atoms with van der Waals surface area (Å²) in [7, 11) is 1.49. The SMILES string of the molecule is CCCCCCCCC[C@@H](O)C[C@@H]1OC(C)(C)O[C@H]1/C=C/[C@H](CC(=O)O)OCOC. The van der Waals surface area contributed by atoms with Crippen LogP contribution in [0.15, 0.2) is 12.2 Å². The van der Waals surface area contributed by atoms with E-state index >= 15 is 0 Å². The summed E-state index contributed by atoms with van der Waals surface area (Å²) in [5.74, 6) is -1.71. The molecular formula is C23H42O7. The van der Waals surface area contributed by atoms with Gasteiger partial charge in [-0.2, -0.15) is 0 Å². The smallest absolute Gasteiger partial charge is 0.306 e. The highest BCUT2D eigenvalue weighted by Crippen LogP contribution is 2.32. The van der Waals surface area contributed by atoms with Gasteiger partial charge in [0.2, 0.25) is 0 Å². The van der Waals surface area contributed by atoms with Crippen LogP contribution in [0.3, 0.4) is 0 Å². The Balaban J connectivity index is 2.50. The number of ether oxygens (including phenoxy) is 4. The molecule has 30 heavy (non-hydrogen) atoms. The first-order valence-corrected chi connectivity index (χ1v) is 11.3. The van der Waals surface area contributed by atoms with Crippen molar-refractivity contribution >= 4 is 5.97 Å². The minimum absolute atomic E-state index is 0.0103. The molecule has 7 nitrogen and oxygen atoms in total. The van der Waals surface area contributed by atoms with Crippen LogP contribution >= 0.6 is 0 Å². The van der Waals surface area contributed by atoms with Crippen molar-refractivity contribution in [2.45, 2.75) is 115 Å². The van der Waals surface area contributed by atoms with Gasteiger partial charge in [-0.3, -0.25) is 4.79 Å². The minimum Gasteiger partial charge on any atom is -0.481 e. The number of carboxylic acid groups (broad SMARTS) is 1. The van der Waals surface area contributed by atoms with Gasteiger partial charge in [-0.15, -0.1) is 0 Å². The molecule has 176 valence electrons. The first-order chi connectivity index (χ1) is 14.3. The van der Waals surface area contributed by atoms with Crippen LogP contribution in [0.4, 0.5) is 0 Å². The Kier molecular flexibility index (Phi) is 13.4. The van der Waals surface area contributed by atoms with Crippen LogP contribution < -0.4 is 0 Å². The topological polar surface area (TPSA) is 94.5 Å². The lowest BCUT2D eigenvalue weighted by atomic mass is 10.0. The molecule has 1 saturated heterocycles. The van der Waals surface area contributed by atoms with Crippen molar-refractivity contribution in [1.29, 1.82) is 0 Å². The summed E-state index contributed by atoms with van der Waals surface area (Å²) in [4.78, 5) is 11.0. The molecule has 0 unspecified atom stereocenters. The van der Waals surface area contributed by atoms with Gasteiger partial charge in [-0.25, -0.2) is 0 Å². The summed E-state index contributed by atoms with van der Waals surface area (Å²) in [6, 6.07) is 0. The second-order valence-corrected chi connectivity index (χ2v) is 8.53. The van der Waals surface area contributed by atoms with Crippen molar-refractivity contribution in [3.05, 3.63) is 12.2 Å². The van der Waals surface area contributed by atoms with Gasteiger partial charge in [-0.1, -0.05) is 64.0 Å². The lowest BCUT2D eigenvalue weighted by Crippen LogP contribution is -2.27. The highest BCUT2D eigenvalue weighted by atomic mass is 16.7. The number of aliphatic hydroxyl groups excluding tert-OH is 1. The van der Waals surface area contributed by atoms with Crippen LogP contribution in [0, 0.1) is 0 Å². The average molecular weight is 431 g/mol. The summed E-state index contributed by atoms with van der Waals surface area (Å²) >= 11 is 0. The van der Waals surface area contributed by atoms with Crippen LogP contribution in [0.2, 0.25) is 0 Å². The Labute approximate surface area is 181 Å². The molecule has 0 aliphatic carbocycles. The number of unbranched alkanes of at least 4 members (excludes halogenated alkanes) is 6. The Morgan fingerprint density at radius 2 is 1.80 bits per heavy atom. The molecule has 0 spiro atoms. The van der Waals surface area contributed by atoms with E-state index in [4.69, 9.17) is 24.1 Å². The van der Waals surface area contributed by atoms with E-state index in [1.54, 1.807) is 12.2 Å². The maximum absolute atomic E-state index is 11.0. The van der Waals surface area contributed by atoms with E-state index < -0.39 is 24.0 Å². The first-order valence-electron chi connectivity index (χ1n) is 11.3. The molecule has 0 saturated carbocycles. The monoisotopic (exact) mass is 430 g/mol. The summed E-state index contributed by atoms with van der Waals surface area (Å²) in [6.45, 7) is 5.91. The number of aliphatic hydroxyl groups is 1. The molecule has 0 radical (unpaired) electrons. The van der Waals surface area contributed by atoms with Crippen LogP contribution in [0.1, 0.15) is 85.0 Å². The molecule has 1 heterocycles. The van der Waals surface area contributed by atoms with Crippen LogP contribution in [-0.2, 0) is 23.7 Å². The lowest BCUT2D eigenvalue weighted by molar-refractivity contribution is -0.146. The fourth-order valence-electron chi connectivity index (χ4n) is 3.68. The number of carbonyl (C=O) groups is 1. The van der Waals surface area contributed by atoms with Gasteiger partial charge in [0, 0.05) is 13.5 Å². The molecule has 0 bridgehead atoms. The molecule has 0 aromatic rings. The first kappa shape index (κ1) is 27.0. The quantitative estimate of drug-likeness (QED) is 0.200. The Bertz CT molecular complexity index is 492. The van der Waals surface area contributed by atoms with Gasteiger partial charge in [0.15, 0.2) is 5.79 Å². The van der Waals surface area contributed by atoms with E-state index in [1.807, 2.05) is 13.8 Å². The summed E-state index contributed by atoms with van der Waals surface area (Å²) < 4.78 is 22.2. The molecule has 0 amide bonds. The van der Waals surface area contributed by atoms with E-state index in [0.29, 0.717) is 6.42 Å². The van der Waals surface area contributed by atoms with Crippen molar-refractivity contribution in [3.63, 3.8) is 0 Å². The normalized spacial score (nSPS) is 23.1. The molecule has 7 heteroatoms. The molecule has 2 N–H and O–H groups in total. The fraction of sp³-hybridized carbons (Fsp3) is 0.870. The molecular weight excluding hydrogens is 388 g/mol.